The van der Waals surface area contributed by atoms with E-state index in [2.05, 4.69) is 21.7 Å². The van der Waals surface area contributed by atoms with Crippen molar-refractivity contribution in [1.82, 2.24) is 14.8 Å². The molecule has 0 bridgehead atoms. The molecule has 128 valence electrons. The number of anilines is 1. The maximum absolute atomic E-state index is 12.6. The van der Waals surface area contributed by atoms with Gasteiger partial charge in [-0.3, -0.25) is 9.69 Å². The van der Waals surface area contributed by atoms with E-state index in [0.29, 0.717) is 12.6 Å². The fourth-order valence-electron chi connectivity index (χ4n) is 3.61. The van der Waals surface area contributed by atoms with E-state index in [1.807, 2.05) is 23.5 Å². The first-order valence-electron chi connectivity index (χ1n) is 8.76. The van der Waals surface area contributed by atoms with Crippen LogP contribution in [0.5, 0.6) is 0 Å². The lowest BCUT2D eigenvalue weighted by molar-refractivity contribution is -0.134. The molecule has 1 aromatic rings. The zero-order chi connectivity index (χ0) is 16.2. The van der Waals surface area contributed by atoms with E-state index in [0.717, 1.165) is 37.2 Å². The van der Waals surface area contributed by atoms with Gasteiger partial charge in [-0.05, 0) is 31.6 Å². The van der Waals surface area contributed by atoms with Crippen LogP contribution >= 0.6 is 11.3 Å². The van der Waals surface area contributed by atoms with E-state index in [1.54, 1.807) is 11.3 Å². The Morgan fingerprint density at radius 2 is 1.96 bits per heavy atom. The predicted molar refractivity (Wildman–Crippen MR) is 95.0 cm³/mol. The number of likely N-dealkylation sites (N-methyl/N-ethyl adjacent to an activating group) is 1. The molecule has 3 rings (SSSR count). The second-order valence-electron chi connectivity index (χ2n) is 7.00. The van der Waals surface area contributed by atoms with Crippen LogP contribution in [-0.2, 0) is 4.79 Å². The average Bonchev–Trinajstić information content (AvgIpc) is 3.10. The van der Waals surface area contributed by atoms with Crippen LogP contribution in [0.15, 0.2) is 11.6 Å². The van der Waals surface area contributed by atoms with Gasteiger partial charge >= 0.3 is 0 Å². The van der Waals surface area contributed by atoms with Crippen molar-refractivity contribution in [2.75, 3.05) is 44.7 Å². The van der Waals surface area contributed by atoms with Crippen LogP contribution in [0.25, 0.3) is 0 Å². The number of rotatable bonds is 4. The maximum atomic E-state index is 12.6. The monoisotopic (exact) mass is 336 g/mol. The Balaban J connectivity index is 1.43. The van der Waals surface area contributed by atoms with Gasteiger partial charge in [0.2, 0.25) is 5.91 Å². The summed E-state index contributed by atoms with van der Waals surface area (Å²) in [5.41, 5.74) is 0. The number of hydrogen-bond acceptors (Lipinski definition) is 5. The molecule has 0 aromatic carbocycles. The van der Waals surface area contributed by atoms with E-state index in [4.69, 9.17) is 0 Å². The molecule has 0 spiro atoms. The molecule has 2 heterocycles. The number of piperazine rings is 1. The lowest BCUT2D eigenvalue weighted by atomic mass is 9.87. The van der Waals surface area contributed by atoms with Crippen molar-refractivity contribution < 1.29 is 4.79 Å². The number of carbonyl (C=O) groups excluding carboxylic acids is 1. The summed E-state index contributed by atoms with van der Waals surface area (Å²) in [6.45, 7) is 6.70. The van der Waals surface area contributed by atoms with Gasteiger partial charge in [-0.2, -0.15) is 0 Å². The van der Waals surface area contributed by atoms with Gasteiger partial charge in [-0.15, -0.1) is 11.3 Å². The smallest absolute Gasteiger partial charge is 0.236 e. The first kappa shape index (κ1) is 16.7. The zero-order valence-electron chi connectivity index (χ0n) is 14.3. The summed E-state index contributed by atoms with van der Waals surface area (Å²) in [6.07, 6.45) is 6.71. The third kappa shape index (κ3) is 4.23. The Bertz CT molecular complexity index is 491. The van der Waals surface area contributed by atoms with Gasteiger partial charge in [0, 0.05) is 50.8 Å². The van der Waals surface area contributed by atoms with Crippen molar-refractivity contribution in [1.29, 1.82) is 0 Å². The topological polar surface area (TPSA) is 39.7 Å². The standard InChI is InChI=1S/C17H28N4OS/c1-14-3-5-15(6-4-14)19(2)16(22)13-20-8-10-21(11-9-20)17-18-7-12-23-17/h7,12,14-15H,3-6,8-11,13H2,1-2H3. The van der Waals surface area contributed by atoms with Crippen LogP contribution < -0.4 is 4.90 Å². The summed E-state index contributed by atoms with van der Waals surface area (Å²) >= 11 is 1.69. The molecule has 23 heavy (non-hydrogen) atoms. The van der Waals surface area contributed by atoms with Crippen LogP contribution in [0.2, 0.25) is 0 Å². The SMILES string of the molecule is CC1CCC(N(C)C(=O)CN2CCN(c3nccs3)CC2)CC1. The Morgan fingerprint density at radius 1 is 1.26 bits per heavy atom. The first-order chi connectivity index (χ1) is 11.1. The minimum absolute atomic E-state index is 0.284. The molecule has 1 saturated carbocycles. The Morgan fingerprint density at radius 3 is 2.57 bits per heavy atom. The number of carbonyl (C=O) groups is 1. The highest BCUT2D eigenvalue weighted by Gasteiger charge is 2.27. The van der Waals surface area contributed by atoms with Crippen LogP contribution in [0.1, 0.15) is 32.6 Å². The van der Waals surface area contributed by atoms with Crippen molar-refractivity contribution in [2.24, 2.45) is 5.92 Å². The summed E-state index contributed by atoms with van der Waals surface area (Å²) in [6, 6.07) is 0.454. The van der Waals surface area contributed by atoms with Gasteiger partial charge in [0.05, 0.1) is 6.54 Å². The zero-order valence-corrected chi connectivity index (χ0v) is 15.1. The van der Waals surface area contributed by atoms with E-state index in [-0.39, 0.29) is 5.91 Å². The first-order valence-corrected chi connectivity index (χ1v) is 9.64. The van der Waals surface area contributed by atoms with Crippen molar-refractivity contribution in [3.63, 3.8) is 0 Å². The molecule has 2 aliphatic rings. The minimum atomic E-state index is 0.284. The van der Waals surface area contributed by atoms with E-state index >= 15 is 0 Å². The number of aromatic nitrogens is 1. The fourth-order valence-corrected chi connectivity index (χ4v) is 4.30. The fraction of sp³-hybridized carbons (Fsp3) is 0.765. The number of thiazole rings is 1. The van der Waals surface area contributed by atoms with Gasteiger partial charge < -0.3 is 9.80 Å². The summed E-state index contributed by atoms with van der Waals surface area (Å²) < 4.78 is 0. The van der Waals surface area contributed by atoms with E-state index in [1.165, 1.54) is 25.7 Å². The van der Waals surface area contributed by atoms with Crippen molar-refractivity contribution >= 4 is 22.4 Å². The molecule has 0 N–H and O–H groups in total. The second-order valence-corrected chi connectivity index (χ2v) is 7.87. The van der Waals surface area contributed by atoms with Crippen LogP contribution in [-0.4, -0.2) is 66.5 Å². The molecule has 0 unspecified atom stereocenters. The van der Waals surface area contributed by atoms with Crippen LogP contribution in [0.4, 0.5) is 5.13 Å². The molecule has 1 aromatic heterocycles. The highest BCUT2D eigenvalue weighted by molar-refractivity contribution is 7.13. The molecule has 2 fully saturated rings. The van der Waals surface area contributed by atoms with E-state index < -0.39 is 0 Å². The third-order valence-electron chi connectivity index (χ3n) is 5.35. The van der Waals surface area contributed by atoms with Gasteiger partial charge in [-0.1, -0.05) is 6.92 Å². The molecule has 1 saturated heterocycles. The molecule has 6 heteroatoms. The van der Waals surface area contributed by atoms with Crippen molar-refractivity contribution in [2.45, 2.75) is 38.6 Å². The molecule has 0 atom stereocenters. The van der Waals surface area contributed by atoms with Gasteiger partial charge in [0.1, 0.15) is 0 Å². The average molecular weight is 337 g/mol. The lowest BCUT2D eigenvalue weighted by Gasteiger charge is -2.37. The summed E-state index contributed by atoms with van der Waals surface area (Å²) in [4.78, 5) is 23.6. The molecule has 1 aliphatic heterocycles. The molecular formula is C17H28N4OS. The van der Waals surface area contributed by atoms with Crippen LogP contribution in [0, 0.1) is 5.92 Å². The Hall–Kier alpha value is -1.14. The van der Waals surface area contributed by atoms with Gasteiger partial charge in [-0.25, -0.2) is 4.98 Å². The highest BCUT2D eigenvalue weighted by Crippen LogP contribution is 2.26. The van der Waals surface area contributed by atoms with Crippen molar-refractivity contribution in [3.8, 4) is 0 Å². The second kappa shape index (κ2) is 7.62. The van der Waals surface area contributed by atoms with Gasteiger partial charge in [0.25, 0.3) is 0 Å². The van der Waals surface area contributed by atoms with Crippen LogP contribution in [0.3, 0.4) is 0 Å². The number of amides is 1. The lowest BCUT2D eigenvalue weighted by Crippen LogP contribution is -2.51. The molecule has 0 radical (unpaired) electrons. The summed E-state index contributed by atoms with van der Waals surface area (Å²) in [5.74, 6) is 1.11. The van der Waals surface area contributed by atoms with Gasteiger partial charge in [0.15, 0.2) is 5.13 Å². The molecular weight excluding hydrogens is 308 g/mol. The number of hydrogen-bond donors (Lipinski definition) is 0. The largest absolute Gasteiger partial charge is 0.346 e. The predicted octanol–water partition coefficient (Wildman–Crippen LogP) is 2.30. The molecule has 1 amide bonds. The van der Waals surface area contributed by atoms with E-state index in [9.17, 15) is 4.79 Å². The quantitative estimate of drug-likeness (QED) is 0.846. The Labute approximate surface area is 143 Å². The molecule has 5 nitrogen and oxygen atoms in total. The summed E-state index contributed by atoms with van der Waals surface area (Å²) in [7, 11) is 1.99. The summed E-state index contributed by atoms with van der Waals surface area (Å²) in [5, 5.41) is 3.12. The minimum Gasteiger partial charge on any atom is -0.346 e. The third-order valence-corrected chi connectivity index (χ3v) is 6.18. The number of nitrogens with zero attached hydrogens (tertiary/aromatic N) is 4. The maximum Gasteiger partial charge on any atom is 0.236 e. The van der Waals surface area contributed by atoms with Crippen molar-refractivity contribution in [3.05, 3.63) is 11.6 Å². The Kier molecular flexibility index (Phi) is 5.54. The molecule has 1 aliphatic carbocycles. The normalized spacial score (nSPS) is 26.3. The highest BCUT2D eigenvalue weighted by atomic mass is 32.1.